The van der Waals surface area contributed by atoms with Gasteiger partial charge in [-0.3, -0.25) is 0 Å². The SMILES string of the molecule is CC(C)CC(C)(Cl)N=NC(C)(Cl)CC(C)C. The van der Waals surface area contributed by atoms with Gasteiger partial charge in [0.1, 0.15) is 0 Å². The van der Waals surface area contributed by atoms with Crippen molar-refractivity contribution in [3.05, 3.63) is 0 Å². The summed E-state index contributed by atoms with van der Waals surface area (Å²) in [6.45, 7) is 12.2. The molecule has 0 aromatic rings. The van der Waals surface area contributed by atoms with Crippen molar-refractivity contribution in [2.24, 2.45) is 22.1 Å². The Balaban J connectivity index is 4.45. The van der Waals surface area contributed by atoms with Crippen molar-refractivity contribution in [2.45, 2.75) is 64.4 Å². The van der Waals surface area contributed by atoms with E-state index in [2.05, 4.69) is 37.9 Å². The number of hydrogen-bond donors (Lipinski definition) is 0. The van der Waals surface area contributed by atoms with Gasteiger partial charge < -0.3 is 0 Å². The molecule has 0 spiro atoms. The first-order chi connectivity index (χ1) is 7.04. The first-order valence-electron chi connectivity index (χ1n) is 5.86. The van der Waals surface area contributed by atoms with Crippen LogP contribution in [0.3, 0.4) is 0 Å². The average Bonchev–Trinajstić information content (AvgIpc) is 1.96. The van der Waals surface area contributed by atoms with Crippen molar-refractivity contribution in [3.63, 3.8) is 0 Å². The Morgan fingerprint density at radius 1 is 0.812 bits per heavy atom. The molecule has 0 aliphatic rings. The van der Waals surface area contributed by atoms with Crippen LogP contribution < -0.4 is 0 Å². The monoisotopic (exact) mass is 266 g/mol. The van der Waals surface area contributed by atoms with Gasteiger partial charge in [-0.1, -0.05) is 50.9 Å². The molecule has 96 valence electrons. The van der Waals surface area contributed by atoms with Crippen molar-refractivity contribution < 1.29 is 0 Å². The van der Waals surface area contributed by atoms with E-state index < -0.39 is 10.00 Å². The maximum Gasteiger partial charge on any atom is 0.152 e. The number of rotatable bonds is 6. The van der Waals surface area contributed by atoms with E-state index in [-0.39, 0.29) is 0 Å². The first-order valence-corrected chi connectivity index (χ1v) is 6.61. The lowest BCUT2D eigenvalue weighted by molar-refractivity contribution is 0.420. The summed E-state index contributed by atoms with van der Waals surface area (Å²) in [5.41, 5.74) is 0. The Labute approximate surface area is 110 Å². The zero-order valence-corrected chi connectivity index (χ0v) is 12.7. The van der Waals surface area contributed by atoms with Gasteiger partial charge in [-0.25, -0.2) is 0 Å². The Bertz CT molecular complexity index is 209. The minimum Gasteiger partial charge on any atom is -0.170 e. The summed E-state index contributed by atoms with van der Waals surface area (Å²) in [6.07, 6.45) is 1.60. The van der Waals surface area contributed by atoms with Crippen LogP contribution in [0.5, 0.6) is 0 Å². The van der Waals surface area contributed by atoms with Crippen LogP contribution in [0.1, 0.15) is 54.4 Å². The van der Waals surface area contributed by atoms with Crippen LogP contribution in [0.25, 0.3) is 0 Å². The normalized spacial score (nSPS) is 20.4. The standard InChI is InChI=1S/C12H24Cl2N2/c1-9(2)7-11(5,13)15-16-12(6,14)8-10(3)4/h9-10H,7-8H2,1-6H3. The second-order valence-electron chi connectivity index (χ2n) is 5.68. The molecule has 4 heteroatoms. The molecule has 0 saturated carbocycles. The van der Waals surface area contributed by atoms with Crippen LogP contribution in [0.4, 0.5) is 0 Å². The Kier molecular flexibility index (Phi) is 6.27. The van der Waals surface area contributed by atoms with Gasteiger partial charge in [0.25, 0.3) is 0 Å². The summed E-state index contributed by atoms with van der Waals surface area (Å²) >= 11 is 12.5. The van der Waals surface area contributed by atoms with E-state index in [0.717, 1.165) is 12.8 Å². The minimum absolute atomic E-state index is 0.494. The summed E-state index contributed by atoms with van der Waals surface area (Å²) in [4.78, 5) is -1.28. The molecule has 0 N–H and O–H groups in total. The highest BCUT2D eigenvalue weighted by atomic mass is 35.5. The third kappa shape index (κ3) is 8.35. The van der Waals surface area contributed by atoms with Crippen LogP contribution in [-0.4, -0.2) is 10.00 Å². The van der Waals surface area contributed by atoms with E-state index >= 15 is 0 Å². The molecule has 0 aromatic heterocycles. The summed E-state index contributed by atoms with van der Waals surface area (Å²) in [5, 5.41) is 8.36. The molecule has 0 radical (unpaired) electrons. The fourth-order valence-electron chi connectivity index (χ4n) is 1.78. The van der Waals surface area contributed by atoms with Gasteiger partial charge in [-0.05, 0) is 38.5 Å². The number of nitrogens with zero attached hydrogens (tertiary/aromatic N) is 2. The van der Waals surface area contributed by atoms with E-state index in [1.165, 1.54) is 0 Å². The molecule has 2 nitrogen and oxygen atoms in total. The zero-order chi connectivity index (χ0) is 13.0. The van der Waals surface area contributed by atoms with Crippen LogP contribution >= 0.6 is 23.2 Å². The van der Waals surface area contributed by atoms with Gasteiger partial charge in [-0.15, -0.1) is 0 Å². The number of alkyl halides is 2. The first kappa shape index (κ1) is 16.2. The molecular formula is C12H24Cl2N2. The van der Waals surface area contributed by atoms with Crippen LogP contribution in [-0.2, 0) is 0 Å². The summed E-state index contributed by atoms with van der Waals surface area (Å²) in [7, 11) is 0. The van der Waals surface area contributed by atoms with Crippen molar-refractivity contribution in [1.29, 1.82) is 0 Å². The highest BCUT2D eigenvalue weighted by Gasteiger charge is 2.26. The highest BCUT2D eigenvalue weighted by Crippen LogP contribution is 2.31. The Morgan fingerprint density at radius 2 is 1.06 bits per heavy atom. The largest absolute Gasteiger partial charge is 0.170 e. The molecule has 16 heavy (non-hydrogen) atoms. The molecule has 0 aromatic carbocycles. The van der Waals surface area contributed by atoms with E-state index in [1.807, 2.05) is 13.8 Å². The van der Waals surface area contributed by atoms with Crippen molar-refractivity contribution in [3.8, 4) is 0 Å². The summed E-state index contributed by atoms with van der Waals surface area (Å²) < 4.78 is 0. The van der Waals surface area contributed by atoms with Crippen LogP contribution in [0.2, 0.25) is 0 Å². The maximum absolute atomic E-state index is 6.25. The predicted molar refractivity (Wildman–Crippen MR) is 72.3 cm³/mol. The van der Waals surface area contributed by atoms with Gasteiger partial charge in [0.2, 0.25) is 0 Å². The maximum atomic E-state index is 6.25. The zero-order valence-electron chi connectivity index (χ0n) is 11.2. The predicted octanol–water partition coefficient (Wildman–Crippen LogP) is 5.44. The van der Waals surface area contributed by atoms with Gasteiger partial charge in [0.05, 0.1) is 0 Å². The molecule has 0 bridgehead atoms. The molecule has 0 heterocycles. The fraction of sp³-hybridized carbons (Fsp3) is 1.00. The fourth-order valence-corrected chi connectivity index (χ4v) is 2.47. The van der Waals surface area contributed by atoms with Crippen LogP contribution in [0.15, 0.2) is 10.2 Å². The van der Waals surface area contributed by atoms with E-state index in [1.54, 1.807) is 0 Å². The Hall–Kier alpha value is 0.180. The Morgan fingerprint density at radius 3 is 1.25 bits per heavy atom. The molecule has 2 unspecified atom stereocenters. The summed E-state index contributed by atoms with van der Waals surface area (Å²) in [6, 6.07) is 0. The molecule has 0 amide bonds. The third-order valence-corrected chi connectivity index (χ3v) is 2.49. The molecule has 0 aliphatic carbocycles. The molecule has 0 aliphatic heterocycles. The van der Waals surface area contributed by atoms with E-state index in [9.17, 15) is 0 Å². The second kappa shape index (κ2) is 6.20. The lowest BCUT2D eigenvalue weighted by atomic mass is 10.0. The quantitative estimate of drug-likeness (QED) is 0.348. The smallest absolute Gasteiger partial charge is 0.152 e. The molecular weight excluding hydrogens is 243 g/mol. The van der Waals surface area contributed by atoms with Gasteiger partial charge in [0, 0.05) is 0 Å². The molecule has 2 atom stereocenters. The lowest BCUT2D eigenvalue weighted by Gasteiger charge is -2.22. The number of hydrogen-bond acceptors (Lipinski definition) is 2. The van der Waals surface area contributed by atoms with Crippen molar-refractivity contribution >= 4 is 23.2 Å². The number of azo groups is 1. The lowest BCUT2D eigenvalue weighted by Crippen LogP contribution is -2.20. The van der Waals surface area contributed by atoms with Gasteiger partial charge >= 0.3 is 0 Å². The van der Waals surface area contributed by atoms with E-state index in [4.69, 9.17) is 23.2 Å². The average molecular weight is 267 g/mol. The second-order valence-corrected chi connectivity index (χ2v) is 7.31. The van der Waals surface area contributed by atoms with Crippen molar-refractivity contribution in [2.75, 3.05) is 0 Å². The van der Waals surface area contributed by atoms with Gasteiger partial charge in [0.15, 0.2) is 10.00 Å². The molecule has 0 saturated heterocycles. The van der Waals surface area contributed by atoms with Crippen molar-refractivity contribution in [1.82, 2.24) is 0 Å². The number of halogens is 2. The summed E-state index contributed by atoms with van der Waals surface area (Å²) in [5.74, 6) is 0.987. The topological polar surface area (TPSA) is 24.7 Å². The van der Waals surface area contributed by atoms with Gasteiger partial charge in [-0.2, -0.15) is 10.2 Å². The highest BCUT2D eigenvalue weighted by molar-refractivity contribution is 6.24. The van der Waals surface area contributed by atoms with E-state index in [0.29, 0.717) is 11.8 Å². The molecule has 0 rings (SSSR count). The molecule has 0 fully saturated rings. The third-order valence-electron chi connectivity index (χ3n) is 2.03. The minimum atomic E-state index is -0.638. The van der Waals surface area contributed by atoms with Crippen LogP contribution in [0, 0.1) is 11.8 Å².